The van der Waals surface area contributed by atoms with Crippen molar-refractivity contribution in [3.63, 3.8) is 0 Å². The highest BCUT2D eigenvalue weighted by atomic mass is 32.2. The molecule has 0 amide bonds. The summed E-state index contributed by atoms with van der Waals surface area (Å²) in [5, 5.41) is 0. The summed E-state index contributed by atoms with van der Waals surface area (Å²) >= 11 is 1.73. The molecule has 1 atom stereocenters. The minimum atomic E-state index is -0.0227. The Balaban J connectivity index is 2.43. The lowest BCUT2D eigenvalue weighted by Crippen LogP contribution is -2.29. The van der Waals surface area contributed by atoms with E-state index in [2.05, 4.69) is 55.0 Å². The summed E-state index contributed by atoms with van der Waals surface area (Å²) in [6.45, 7) is 4.13. The van der Waals surface area contributed by atoms with Gasteiger partial charge < -0.3 is 4.74 Å². The molecule has 2 aromatic rings. The number of hydrogen-bond donors (Lipinski definition) is 2. The topological polar surface area (TPSA) is 47.3 Å². The van der Waals surface area contributed by atoms with Gasteiger partial charge in [0.25, 0.3) is 0 Å². The Hall–Kier alpha value is -1.49. The van der Waals surface area contributed by atoms with Crippen molar-refractivity contribution in [2.45, 2.75) is 24.8 Å². The predicted molar refractivity (Wildman–Crippen MR) is 89.9 cm³/mol. The van der Waals surface area contributed by atoms with Crippen LogP contribution in [0.3, 0.4) is 0 Å². The number of nitrogens with one attached hydrogen (secondary N) is 1. The van der Waals surface area contributed by atoms with Crippen molar-refractivity contribution < 1.29 is 4.74 Å². The SMILES string of the molecule is COc1cc(C)c(C(NN)c2ccc(SC)cc2)cc1C. The van der Waals surface area contributed by atoms with Gasteiger partial charge in [0, 0.05) is 4.90 Å². The lowest BCUT2D eigenvalue weighted by Gasteiger charge is -2.21. The van der Waals surface area contributed by atoms with Gasteiger partial charge in [0.1, 0.15) is 5.75 Å². The second-order valence-corrected chi connectivity index (χ2v) is 5.93. The monoisotopic (exact) mass is 302 g/mol. The molecule has 0 aliphatic carbocycles. The van der Waals surface area contributed by atoms with Crippen molar-refractivity contribution in [2.75, 3.05) is 13.4 Å². The molecule has 0 saturated heterocycles. The molecular formula is C17H22N2OS. The number of rotatable bonds is 5. The van der Waals surface area contributed by atoms with E-state index in [0.717, 1.165) is 22.4 Å². The molecule has 0 fully saturated rings. The first kappa shape index (κ1) is 15.9. The molecule has 21 heavy (non-hydrogen) atoms. The van der Waals surface area contributed by atoms with E-state index < -0.39 is 0 Å². The molecule has 2 rings (SSSR count). The van der Waals surface area contributed by atoms with Gasteiger partial charge in [-0.25, -0.2) is 5.43 Å². The van der Waals surface area contributed by atoms with Crippen LogP contribution in [0.25, 0.3) is 0 Å². The summed E-state index contributed by atoms with van der Waals surface area (Å²) in [6, 6.07) is 12.7. The first-order chi connectivity index (χ1) is 10.1. The zero-order valence-corrected chi connectivity index (χ0v) is 13.8. The number of aryl methyl sites for hydroxylation is 2. The molecule has 112 valence electrons. The van der Waals surface area contributed by atoms with Crippen LogP contribution in [0.2, 0.25) is 0 Å². The van der Waals surface area contributed by atoms with Crippen molar-refractivity contribution >= 4 is 11.8 Å². The fourth-order valence-corrected chi connectivity index (χ4v) is 2.91. The number of benzene rings is 2. The summed E-state index contributed by atoms with van der Waals surface area (Å²) in [7, 11) is 1.70. The Morgan fingerprint density at radius 2 is 1.76 bits per heavy atom. The van der Waals surface area contributed by atoms with Crippen LogP contribution in [0.1, 0.15) is 28.3 Å². The molecule has 4 heteroatoms. The Bertz CT molecular complexity index is 611. The van der Waals surface area contributed by atoms with Crippen LogP contribution in [-0.2, 0) is 0 Å². The summed E-state index contributed by atoms with van der Waals surface area (Å²) in [6.07, 6.45) is 2.07. The third kappa shape index (κ3) is 3.40. The van der Waals surface area contributed by atoms with E-state index in [1.54, 1.807) is 18.9 Å². The van der Waals surface area contributed by atoms with Gasteiger partial charge in [-0.05, 0) is 60.6 Å². The van der Waals surface area contributed by atoms with E-state index in [0.29, 0.717) is 0 Å². The average molecular weight is 302 g/mol. The van der Waals surface area contributed by atoms with Crippen LogP contribution in [0.15, 0.2) is 41.3 Å². The Labute approximate surface area is 130 Å². The lowest BCUT2D eigenvalue weighted by atomic mass is 9.93. The molecule has 0 aliphatic rings. The largest absolute Gasteiger partial charge is 0.496 e. The van der Waals surface area contributed by atoms with E-state index >= 15 is 0 Å². The first-order valence-electron chi connectivity index (χ1n) is 6.86. The smallest absolute Gasteiger partial charge is 0.122 e. The average Bonchev–Trinajstić information content (AvgIpc) is 2.51. The van der Waals surface area contributed by atoms with E-state index in [9.17, 15) is 0 Å². The van der Waals surface area contributed by atoms with Crippen molar-refractivity contribution in [3.05, 3.63) is 58.7 Å². The number of hydrogen-bond acceptors (Lipinski definition) is 4. The van der Waals surface area contributed by atoms with Crippen LogP contribution >= 0.6 is 11.8 Å². The third-order valence-electron chi connectivity index (χ3n) is 3.71. The summed E-state index contributed by atoms with van der Waals surface area (Å²) in [5.41, 5.74) is 7.53. The van der Waals surface area contributed by atoms with Gasteiger partial charge >= 0.3 is 0 Å². The second kappa shape index (κ2) is 6.98. The Kier molecular flexibility index (Phi) is 5.28. The van der Waals surface area contributed by atoms with Crippen LogP contribution in [0.4, 0.5) is 0 Å². The molecule has 1 unspecified atom stereocenters. The lowest BCUT2D eigenvalue weighted by molar-refractivity contribution is 0.411. The maximum absolute atomic E-state index is 5.81. The number of ether oxygens (including phenoxy) is 1. The standard InChI is InChI=1S/C17H22N2OS/c1-11-10-16(20-3)12(2)9-15(11)17(19-18)13-5-7-14(21-4)8-6-13/h5-10,17,19H,18H2,1-4H3. The second-order valence-electron chi connectivity index (χ2n) is 5.05. The maximum atomic E-state index is 5.81. The van der Waals surface area contributed by atoms with E-state index in [-0.39, 0.29) is 6.04 Å². The van der Waals surface area contributed by atoms with Crippen molar-refractivity contribution in [1.29, 1.82) is 0 Å². The number of methoxy groups -OCH3 is 1. The van der Waals surface area contributed by atoms with Gasteiger partial charge in [-0.3, -0.25) is 5.84 Å². The fourth-order valence-electron chi connectivity index (χ4n) is 2.50. The number of hydrazine groups is 1. The zero-order chi connectivity index (χ0) is 15.4. The van der Waals surface area contributed by atoms with Crippen molar-refractivity contribution in [1.82, 2.24) is 5.43 Å². The first-order valence-corrected chi connectivity index (χ1v) is 8.08. The van der Waals surface area contributed by atoms with Crippen LogP contribution in [-0.4, -0.2) is 13.4 Å². The normalized spacial score (nSPS) is 12.2. The van der Waals surface area contributed by atoms with Crippen molar-refractivity contribution in [3.8, 4) is 5.75 Å². The van der Waals surface area contributed by atoms with Gasteiger partial charge in [-0.1, -0.05) is 18.2 Å². The van der Waals surface area contributed by atoms with E-state index in [1.807, 2.05) is 6.92 Å². The highest BCUT2D eigenvalue weighted by molar-refractivity contribution is 7.98. The van der Waals surface area contributed by atoms with Gasteiger partial charge in [-0.15, -0.1) is 11.8 Å². The molecule has 3 nitrogen and oxygen atoms in total. The Morgan fingerprint density at radius 1 is 1.10 bits per heavy atom. The van der Waals surface area contributed by atoms with E-state index in [4.69, 9.17) is 10.6 Å². The predicted octanol–water partition coefficient (Wildman–Crippen LogP) is 3.59. The molecule has 0 bridgehead atoms. The molecular weight excluding hydrogens is 280 g/mol. The van der Waals surface area contributed by atoms with Crippen LogP contribution in [0.5, 0.6) is 5.75 Å². The van der Waals surface area contributed by atoms with E-state index in [1.165, 1.54) is 10.5 Å². The fraction of sp³-hybridized carbons (Fsp3) is 0.294. The number of nitrogens with two attached hydrogens (primary N) is 1. The van der Waals surface area contributed by atoms with Gasteiger partial charge in [0.15, 0.2) is 0 Å². The minimum Gasteiger partial charge on any atom is -0.496 e. The maximum Gasteiger partial charge on any atom is 0.122 e. The summed E-state index contributed by atoms with van der Waals surface area (Å²) in [5.74, 6) is 6.72. The molecule has 0 aliphatic heterocycles. The highest BCUT2D eigenvalue weighted by Gasteiger charge is 2.16. The molecule has 0 saturated carbocycles. The Morgan fingerprint density at radius 3 is 2.29 bits per heavy atom. The molecule has 0 aromatic heterocycles. The van der Waals surface area contributed by atoms with Crippen LogP contribution < -0.4 is 16.0 Å². The summed E-state index contributed by atoms with van der Waals surface area (Å²) < 4.78 is 5.38. The molecule has 3 N–H and O–H groups in total. The minimum absolute atomic E-state index is 0.0227. The van der Waals surface area contributed by atoms with Crippen LogP contribution in [0, 0.1) is 13.8 Å². The third-order valence-corrected chi connectivity index (χ3v) is 4.45. The molecule has 0 radical (unpaired) electrons. The summed E-state index contributed by atoms with van der Waals surface area (Å²) in [4.78, 5) is 1.25. The van der Waals surface area contributed by atoms with Gasteiger partial charge in [0.2, 0.25) is 0 Å². The van der Waals surface area contributed by atoms with Gasteiger partial charge in [-0.2, -0.15) is 0 Å². The molecule has 2 aromatic carbocycles. The quantitative estimate of drug-likeness (QED) is 0.503. The van der Waals surface area contributed by atoms with Crippen molar-refractivity contribution in [2.24, 2.45) is 5.84 Å². The number of thioether (sulfide) groups is 1. The van der Waals surface area contributed by atoms with Gasteiger partial charge in [0.05, 0.1) is 13.2 Å². The molecule has 0 spiro atoms. The zero-order valence-electron chi connectivity index (χ0n) is 12.9. The molecule has 0 heterocycles. The highest BCUT2D eigenvalue weighted by Crippen LogP contribution is 2.30.